The number of aliphatic hydroxyl groups is 1. The molecule has 0 saturated carbocycles. The standard InChI is InChI=1S/C17H17BrN2O/c1-11-9-12(7-8-13(11)18)16(21)10-17-19-14-5-3-4-6-15(14)20(17)2/h3-9,16,21H,10H2,1-2H3. The molecule has 0 amide bonds. The van der Waals surface area contributed by atoms with Crippen molar-refractivity contribution in [2.75, 3.05) is 0 Å². The van der Waals surface area contributed by atoms with Gasteiger partial charge < -0.3 is 9.67 Å². The highest BCUT2D eigenvalue weighted by Crippen LogP contribution is 2.24. The van der Waals surface area contributed by atoms with Crippen molar-refractivity contribution in [3.63, 3.8) is 0 Å². The summed E-state index contributed by atoms with van der Waals surface area (Å²) in [6, 6.07) is 14.0. The van der Waals surface area contributed by atoms with E-state index in [4.69, 9.17) is 0 Å². The van der Waals surface area contributed by atoms with Gasteiger partial charge in [0.15, 0.2) is 0 Å². The number of halogens is 1. The molecule has 21 heavy (non-hydrogen) atoms. The Morgan fingerprint density at radius 2 is 2.00 bits per heavy atom. The maximum Gasteiger partial charge on any atom is 0.112 e. The van der Waals surface area contributed by atoms with Gasteiger partial charge in [0.2, 0.25) is 0 Å². The highest BCUT2D eigenvalue weighted by Gasteiger charge is 2.14. The zero-order chi connectivity index (χ0) is 15.0. The van der Waals surface area contributed by atoms with E-state index in [9.17, 15) is 5.11 Å². The second-order valence-electron chi connectivity index (χ2n) is 5.30. The van der Waals surface area contributed by atoms with E-state index in [1.807, 2.05) is 61.0 Å². The monoisotopic (exact) mass is 344 g/mol. The average molecular weight is 345 g/mol. The Kier molecular flexibility index (Phi) is 3.83. The molecule has 3 nitrogen and oxygen atoms in total. The molecule has 0 spiro atoms. The van der Waals surface area contributed by atoms with Gasteiger partial charge in [-0.15, -0.1) is 0 Å². The maximum absolute atomic E-state index is 10.5. The summed E-state index contributed by atoms with van der Waals surface area (Å²) in [5.74, 6) is 0.893. The van der Waals surface area contributed by atoms with Crippen LogP contribution in [0.15, 0.2) is 46.9 Å². The molecule has 0 aliphatic carbocycles. The molecule has 1 heterocycles. The number of aryl methyl sites for hydroxylation is 2. The van der Waals surface area contributed by atoms with E-state index >= 15 is 0 Å². The lowest BCUT2D eigenvalue weighted by atomic mass is 10.0. The number of fused-ring (bicyclic) bond motifs is 1. The van der Waals surface area contributed by atoms with Crippen molar-refractivity contribution in [1.29, 1.82) is 0 Å². The fourth-order valence-corrected chi connectivity index (χ4v) is 2.79. The van der Waals surface area contributed by atoms with Crippen molar-refractivity contribution in [3.05, 3.63) is 63.9 Å². The molecular weight excluding hydrogens is 328 g/mol. The summed E-state index contributed by atoms with van der Waals surface area (Å²) < 4.78 is 3.10. The van der Waals surface area contributed by atoms with Crippen LogP contribution in [0.2, 0.25) is 0 Å². The Bertz CT molecular complexity index is 795. The van der Waals surface area contributed by atoms with Gasteiger partial charge in [0.05, 0.1) is 17.1 Å². The summed E-state index contributed by atoms with van der Waals surface area (Å²) in [6.07, 6.45) is -0.0426. The minimum Gasteiger partial charge on any atom is -0.388 e. The van der Waals surface area contributed by atoms with E-state index in [0.29, 0.717) is 6.42 Å². The Labute approximate surface area is 132 Å². The smallest absolute Gasteiger partial charge is 0.112 e. The minimum atomic E-state index is -0.549. The first-order valence-electron chi connectivity index (χ1n) is 6.90. The topological polar surface area (TPSA) is 38.1 Å². The normalized spacial score (nSPS) is 12.8. The summed E-state index contributed by atoms with van der Waals surface area (Å²) >= 11 is 3.48. The number of benzene rings is 2. The zero-order valence-corrected chi connectivity index (χ0v) is 13.6. The van der Waals surface area contributed by atoms with Crippen molar-refractivity contribution in [2.45, 2.75) is 19.4 Å². The van der Waals surface area contributed by atoms with Crippen molar-refractivity contribution in [2.24, 2.45) is 7.05 Å². The molecule has 3 rings (SSSR count). The average Bonchev–Trinajstić information content (AvgIpc) is 2.79. The molecule has 0 saturated heterocycles. The predicted molar refractivity (Wildman–Crippen MR) is 88.3 cm³/mol. The predicted octanol–water partition coefficient (Wildman–Crippen LogP) is 3.92. The molecule has 0 aliphatic heterocycles. The molecule has 4 heteroatoms. The van der Waals surface area contributed by atoms with E-state index < -0.39 is 6.10 Å². The first kappa shape index (κ1) is 14.3. The molecule has 0 aliphatic rings. The SMILES string of the molecule is Cc1cc(C(O)Cc2nc3ccccc3n2C)ccc1Br. The van der Waals surface area contributed by atoms with Crippen LogP contribution in [0.25, 0.3) is 11.0 Å². The molecule has 108 valence electrons. The van der Waals surface area contributed by atoms with Crippen LogP contribution in [-0.4, -0.2) is 14.7 Å². The van der Waals surface area contributed by atoms with Crippen molar-refractivity contribution in [3.8, 4) is 0 Å². The lowest BCUT2D eigenvalue weighted by molar-refractivity contribution is 0.175. The first-order chi connectivity index (χ1) is 10.1. The van der Waals surface area contributed by atoms with Gasteiger partial charge in [-0.3, -0.25) is 0 Å². The summed E-state index contributed by atoms with van der Waals surface area (Å²) in [5.41, 5.74) is 4.10. The molecular formula is C17H17BrN2O. The molecule has 0 fully saturated rings. The number of aromatic nitrogens is 2. The lowest BCUT2D eigenvalue weighted by Crippen LogP contribution is -2.07. The van der Waals surface area contributed by atoms with Crippen LogP contribution in [-0.2, 0) is 13.5 Å². The van der Waals surface area contributed by atoms with Crippen LogP contribution in [0.4, 0.5) is 0 Å². The Balaban J connectivity index is 1.90. The highest BCUT2D eigenvalue weighted by molar-refractivity contribution is 9.10. The van der Waals surface area contributed by atoms with Gasteiger partial charge in [-0.25, -0.2) is 4.98 Å². The van der Waals surface area contributed by atoms with Gasteiger partial charge >= 0.3 is 0 Å². The van der Waals surface area contributed by atoms with Crippen LogP contribution in [0, 0.1) is 6.92 Å². The van der Waals surface area contributed by atoms with E-state index in [0.717, 1.165) is 32.5 Å². The molecule has 3 aromatic rings. The fourth-order valence-electron chi connectivity index (χ4n) is 2.54. The second kappa shape index (κ2) is 5.62. The summed E-state index contributed by atoms with van der Waals surface area (Å²) in [4.78, 5) is 4.61. The third-order valence-electron chi connectivity index (χ3n) is 3.82. The second-order valence-corrected chi connectivity index (χ2v) is 6.16. The van der Waals surface area contributed by atoms with Crippen molar-refractivity contribution in [1.82, 2.24) is 9.55 Å². The van der Waals surface area contributed by atoms with Crippen molar-refractivity contribution >= 4 is 27.0 Å². The highest BCUT2D eigenvalue weighted by atomic mass is 79.9. The van der Waals surface area contributed by atoms with Gasteiger partial charge in [0.25, 0.3) is 0 Å². The number of hydrogen-bond donors (Lipinski definition) is 1. The maximum atomic E-state index is 10.5. The zero-order valence-electron chi connectivity index (χ0n) is 12.0. The molecule has 1 unspecified atom stereocenters. The number of hydrogen-bond acceptors (Lipinski definition) is 2. The van der Waals surface area contributed by atoms with Crippen molar-refractivity contribution < 1.29 is 5.11 Å². The molecule has 1 aromatic heterocycles. The van der Waals surface area contributed by atoms with Crippen LogP contribution >= 0.6 is 15.9 Å². The van der Waals surface area contributed by atoms with E-state index in [1.54, 1.807) is 0 Å². The third-order valence-corrected chi connectivity index (χ3v) is 4.71. The van der Waals surface area contributed by atoms with Crippen LogP contribution in [0.5, 0.6) is 0 Å². The fraction of sp³-hybridized carbons (Fsp3) is 0.235. The van der Waals surface area contributed by atoms with Crippen LogP contribution in [0.1, 0.15) is 23.1 Å². The first-order valence-corrected chi connectivity index (χ1v) is 7.70. The molecule has 1 N–H and O–H groups in total. The Morgan fingerprint density at radius 3 is 2.71 bits per heavy atom. The van der Waals surface area contributed by atoms with E-state index in [2.05, 4.69) is 20.9 Å². The molecule has 0 radical (unpaired) electrons. The van der Waals surface area contributed by atoms with E-state index in [1.165, 1.54) is 0 Å². The number of nitrogens with zero attached hydrogens (tertiary/aromatic N) is 2. The number of para-hydroxylation sites is 2. The number of aliphatic hydroxyl groups excluding tert-OH is 1. The van der Waals surface area contributed by atoms with Gasteiger partial charge in [0.1, 0.15) is 5.82 Å². The van der Waals surface area contributed by atoms with Crippen LogP contribution in [0.3, 0.4) is 0 Å². The third kappa shape index (κ3) is 2.74. The number of imidazole rings is 1. The lowest BCUT2D eigenvalue weighted by Gasteiger charge is -2.12. The quantitative estimate of drug-likeness (QED) is 0.781. The van der Waals surface area contributed by atoms with Gasteiger partial charge in [-0.05, 0) is 36.2 Å². The minimum absolute atomic E-state index is 0.506. The van der Waals surface area contributed by atoms with Crippen LogP contribution < -0.4 is 0 Å². The summed E-state index contributed by atoms with van der Waals surface area (Å²) in [6.45, 7) is 2.02. The summed E-state index contributed by atoms with van der Waals surface area (Å²) in [7, 11) is 1.99. The largest absolute Gasteiger partial charge is 0.388 e. The van der Waals surface area contributed by atoms with Gasteiger partial charge in [0, 0.05) is 17.9 Å². The van der Waals surface area contributed by atoms with Gasteiger partial charge in [-0.2, -0.15) is 0 Å². The molecule has 1 atom stereocenters. The molecule has 0 bridgehead atoms. The Morgan fingerprint density at radius 1 is 1.24 bits per heavy atom. The Hall–Kier alpha value is -1.65. The summed E-state index contributed by atoms with van der Waals surface area (Å²) in [5, 5.41) is 10.5. The van der Waals surface area contributed by atoms with Gasteiger partial charge in [-0.1, -0.05) is 40.2 Å². The molecule has 2 aromatic carbocycles. The number of rotatable bonds is 3. The van der Waals surface area contributed by atoms with E-state index in [-0.39, 0.29) is 0 Å².